The van der Waals surface area contributed by atoms with Gasteiger partial charge in [0.1, 0.15) is 5.60 Å². The molecule has 1 fully saturated rings. The second kappa shape index (κ2) is 6.26. The van der Waals surface area contributed by atoms with Crippen LogP contribution in [-0.4, -0.2) is 44.6 Å². The van der Waals surface area contributed by atoms with Crippen LogP contribution in [0.15, 0.2) is 0 Å². The van der Waals surface area contributed by atoms with Crippen molar-refractivity contribution < 1.29 is 38.1 Å². The Morgan fingerprint density at radius 3 is 2.18 bits per heavy atom. The van der Waals surface area contributed by atoms with Crippen molar-refractivity contribution in [2.24, 2.45) is 0 Å². The molecule has 0 aromatic heterocycles. The van der Waals surface area contributed by atoms with Crippen molar-refractivity contribution in [2.75, 3.05) is 0 Å². The van der Waals surface area contributed by atoms with Crippen molar-refractivity contribution in [3.8, 4) is 0 Å². The largest absolute Gasteiger partial charge is 0.443 e. The molecular formula is C12H16INO8. The Morgan fingerprint density at radius 2 is 1.77 bits per heavy atom. The van der Waals surface area contributed by atoms with Crippen LogP contribution in [0, 0.1) is 0 Å². The molecule has 0 saturated carbocycles. The summed E-state index contributed by atoms with van der Waals surface area (Å²) in [6.07, 6.45) is -2.75. The number of cyclic esters (lactones) is 1. The molecular weight excluding hydrogens is 413 g/mol. The van der Waals surface area contributed by atoms with Gasteiger partial charge in [0.05, 0.1) is 22.6 Å². The molecule has 22 heavy (non-hydrogen) atoms. The summed E-state index contributed by atoms with van der Waals surface area (Å²) in [7, 11) is 0. The molecule has 0 radical (unpaired) electrons. The van der Waals surface area contributed by atoms with Gasteiger partial charge in [-0.25, -0.2) is 9.59 Å². The van der Waals surface area contributed by atoms with Gasteiger partial charge in [0, 0.05) is 13.8 Å². The minimum Gasteiger partial charge on any atom is -0.443 e. The molecule has 1 saturated heterocycles. The first-order valence-corrected chi connectivity index (χ1v) is 7.24. The molecule has 124 valence electrons. The Balaban J connectivity index is 3.17. The molecule has 2 atom stereocenters. The van der Waals surface area contributed by atoms with E-state index in [1.165, 1.54) is 22.6 Å². The van der Waals surface area contributed by atoms with E-state index in [1.807, 2.05) is 0 Å². The van der Waals surface area contributed by atoms with Gasteiger partial charge >= 0.3 is 27.9 Å². The predicted molar refractivity (Wildman–Crippen MR) is 78.2 cm³/mol. The van der Waals surface area contributed by atoms with Crippen molar-refractivity contribution in [1.82, 2.24) is 4.90 Å². The van der Waals surface area contributed by atoms with Crippen LogP contribution < -0.4 is 0 Å². The number of amides is 1. The molecule has 10 heteroatoms. The molecule has 0 spiro atoms. The minimum atomic E-state index is -2.09. The summed E-state index contributed by atoms with van der Waals surface area (Å²) in [6.45, 7) is 6.93. The molecule has 0 aliphatic carbocycles. The van der Waals surface area contributed by atoms with E-state index in [4.69, 9.17) is 18.9 Å². The van der Waals surface area contributed by atoms with Crippen LogP contribution in [0.4, 0.5) is 4.79 Å². The first-order valence-electron chi connectivity index (χ1n) is 6.16. The lowest BCUT2D eigenvalue weighted by atomic mass is 10.2. The third-order valence-electron chi connectivity index (χ3n) is 2.09. The number of nitrogens with zero attached hydrogens (tertiary/aromatic N) is 1. The summed E-state index contributed by atoms with van der Waals surface area (Å²) in [6, 6.07) is 0. The number of alkyl halides is 1. The monoisotopic (exact) mass is 429 g/mol. The Hall–Kier alpha value is -1.59. The second-order valence-corrected chi connectivity index (χ2v) is 6.69. The molecule has 0 aromatic rings. The van der Waals surface area contributed by atoms with Crippen molar-refractivity contribution in [3.05, 3.63) is 0 Å². The fourth-order valence-electron chi connectivity index (χ4n) is 1.49. The third-order valence-corrected chi connectivity index (χ3v) is 3.05. The van der Waals surface area contributed by atoms with E-state index in [1.54, 1.807) is 20.8 Å². The van der Waals surface area contributed by atoms with E-state index in [0.717, 1.165) is 13.8 Å². The molecule has 9 nitrogen and oxygen atoms in total. The van der Waals surface area contributed by atoms with E-state index >= 15 is 0 Å². The Kier molecular flexibility index (Phi) is 5.25. The molecule has 1 aliphatic heterocycles. The Morgan fingerprint density at radius 1 is 1.23 bits per heavy atom. The number of esters is 3. The highest BCUT2D eigenvalue weighted by Crippen LogP contribution is 2.38. The molecule has 1 rings (SSSR count). The number of carbonyl (C=O) groups excluding carboxylic acids is 4. The lowest BCUT2D eigenvalue weighted by Crippen LogP contribution is -2.52. The molecule has 1 amide bonds. The van der Waals surface area contributed by atoms with Crippen molar-refractivity contribution in [3.63, 3.8) is 0 Å². The Labute approximate surface area is 140 Å². The number of rotatable bonds is 2. The summed E-state index contributed by atoms with van der Waals surface area (Å²) < 4.78 is 17.5. The highest BCUT2D eigenvalue weighted by atomic mass is 127. The van der Waals surface area contributed by atoms with Gasteiger partial charge in [0.25, 0.3) is 6.23 Å². The van der Waals surface area contributed by atoms with Gasteiger partial charge in [0.2, 0.25) is 0 Å². The number of hydrogen-bond acceptors (Lipinski definition) is 8. The van der Waals surface area contributed by atoms with Crippen LogP contribution in [0.1, 0.15) is 34.6 Å². The van der Waals surface area contributed by atoms with E-state index in [0.29, 0.717) is 4.90 Å². The van der Waals surface area contributed by atoms with Crippen molar-refractivity contribution >= 4 is 46.6 Å². The van der Waals surface area contributed by atoms with Crippen molar-refractivity contribution in [1.29, 1.82) is 0 Å². The maximum atomic E-state index is 12.3. The predicted octanol–water partition coefficient (Wildman–Crippen LogP) is 1.28. The number of halogens is 1. The average molecular weight is 429 g/mol. The minimum absolute atomic E-state index is 0.615. The summed E-state index contributed by atoms with van der Waals surface area (Å²) in [5.41, 5.74) is -0.892. The van der Waals surface area contributed by atoms with Gasteiger partial charge < -0.3 is 18.9 Å². The zero-order valence-electron chi connectivity index (χ0n) is 12.7. The summed E-state index contributed by atoms with van der Waals surface area (Å²) >= 11 is 1.43. The summed E-state index contributed by atoms with van der Waals surface area (Å²) in [5.74, 6) is -2.69. The molecule has 0 aromatic carbocycles. The van der Waals surface area contributed by atoms with Gasteiger partial charge in [-0.15, -0.1) is 0 Å². The topological polar surface area (TPSA) is 108 Å². The number of hydrogen-bond donors (Lipinski definition) is 0. The third kappa shape index (κ3) is 4.45. The van der Waals surface area contributed by atoms with E-state index in [9.17, 15) is 19.2 Å². The van der Waals surface area contributed by atoms with Crippen LogP contribution in [0.25, 0.3) is 0 Å². The van der Waals surface area contributed by atoms with Crippen LogP contribution in [-0.2, 0) is 33.3 Å². The zero-order valence-corrected chi connectivity index (χ0v) is 14.8. The molecule has 1 heterocycles. The van der Waals surface area contributed by atoms with Gasteiger partial charge in [-0.2, -0.15) is 4.90 Å². The smallest absolute Gasteiger partial charge is 0.420 e. The molecule has 0 N–H and O–H groups in total. The fourth-order valence-corrected chi connectivity index (χ4v) is 2.47. The first kappa shape index (κ1) is 18.5. The lowest BCUT2D eigenvalue weighted by molar-refractivity contribution is -0.201. The maximum Gasteiger partial charge on any atom is 0.420 e. The normalized spacial score (nSPS) is 24.5. The van der Waals surface area contributed by atoms with E-state index in [-0.39, 0.29) is 0 Å². The fraction of sp³-hybridized carbons (Fsp3) is 0.667. The van der Waals surface area contributed by atoms with Gasteiger partial charge in [-0.1, -0.05) is 0 Å². The highest BCUT2D eigenvalue weighted by Gasteiger charge is 2.61. The summed E-state index contributed by atoms with van der Waals surface area (Å²) in [5, 5.41) is 0. The van der Waals surface area contributed by atoms with Crippen LogP contribution in [0.5, 0.6) is 0 Å². The molecule has 2 unspecified atom stereocenters. The zero-order chi connectivity index (χ0) is 17.3. The van der Waals surface area contributed by atoms with E-state index in [2.05, 4.69) is 0 Å². The highest BCUT2D eigenvalue weighted by molar-refractivity contribution is 14.1. The second-order valence-electron chi connectivity index (χ2n) is 5.33. The number of carbonyl (C=O) groups is 4. The van der Waals surface area contributed by atoms with Crippen LogP contribution in [0.3, 0.4) is 0 Å². The van der Waals surface area contributed by atoms with E-state index < -0.39 is 39.7 Å². The van der Waals surface area contributed by atoms with Gasteiger partial charge in [-0.05, 0) is 20.8 Å². The maximum absolute atomic E-state index is 12.3. The SMILES string of the molecule is CC(=O)OC1C(=O)OC(I)(OC(C)=O)N1C(=O)OC(C)(C)C. The summed E-state index contributed by atoms with van der Waals surface area (Å²) in [4.78, 5) is 47.0. The lowest BCUT2D eigenvalue weighted by Gasteiger charge is -2.32. The van der Waals surface area contributed by atoms with Gasteiger partial charge in [0.15, 0.2) is 0 Å². The van der Waals surface area contributed by atoms with Crippen LogP contribution in [0.2, 0.25) is 0 Å². The molecule has 0 bridgehead atoms. The van der Waals surface area contributed by atoms with Crippen LogP contribution >= 0.6 is 22.6 Å². The quantitative estimate of drug-likeness (QED) is 0.212. The first-order chi connectivity index (χ1) is 9.85. The molecule has 1 aliphatic rings. The average Bonchev–Trinajstić information content (AvgIpc) is 2.44. The van der Waals surface area contributed by atoms with Gasteiger partial charge in [-0.3, -0.25) is 9.59 Å². The number of ether oxygens (including phenoxy) is 4. The standard InChI is InChI=1S/C12H16INO8/c1-6(15)19-8-9(17)21-12(13,20-7(2)16)14(8)10(18)22-11(3,4)5/h8H,1-5H3. The van der Waals surface area contributed by atoms with Crippen molar-refractivity contribution in [2.45, 2.75) is 50.4 Å². The Bertz CT molecular complexity index is 514.